The molecule has 3 rings (SSSR count). The summed E-state index contributed by atoms with van der Waals surface area (Å²) in [7, 11) is 0. The fourth-order valence-corrected chi connectivity index (χ4v) is 3.02. The Balaban J connectivity index is 1.89. The first-order valence-electron chi connectivity index (χ1n) is 6.93. The van der Waals surface area contributed by atoms with Gasteiger partial charge in [0.05, 0.1) is 0 Å². The van der Waals surface area contributed by atoms with Crippen LogP contribution in [0.15, 0.2) is 34.7 Å². The molecule has 2 nitrogen and oxygen atoms in total. The molecule has 96 valence electrons. The molecule has 1 aromatic carbocycles. The van der Waals surface area contributed by atoms with Gasteiger partial charge in [0.2, 0.25) is 0 Å². The minimum absolute atomic E-state index is 0.745. The molecule has 1 aliphatic rings. The highest BCUT2D eigenvalue weighted by molar-refractivity contribution is 5.77. The van der Waals surface area contributed by atoms with E-state index in [0.29, 0.717) is 0 Å². The van der Waals surface area contributed by atoms with Crippen molar-refractivity contribution in [2.75, 3.05) is 0 Å². The number of aliphatic hydroxyl groups is 1. The SMILES string of the molecule is CCC1CCC(O)(c2cc3ccccc3o2)CC1. The zero-order valence-corrected chi connectivity index (χ0v) is 10.9. The minimum atomic E-state index is -0.745. The molecule has 2 heteroatoms. The van der Waals surface area contributed by atoms with Gasteiger partial charge in [-0.05, 0) is 43.7 Å². The lowest BCUT2D eigenvalue weighted by Crippen LogP contribution is -2.30. The maximum Gasteiger partial charge on any atom is 0.136 e. The van der Waals surface area contributed by atoms with Crippen molar-refractivity contribution >= 4 is 11.0 Å². The van der Waals surface area contributed by atoms with Crippen LogP contribution < -0.4 is 0 Å². The van der Waals surface area contributed by atoms with Crippen LogP contribution >= 0.6 is 0 Å². The molecule has 0 amide bonds. The van der Waals surface area contributed by atoms with Gasteiger partial charge in [0.15, 0.2) is 0 Å². The van der Waals surface area contributed by atoms with Gasteiger partial charge in [-0.2, -0.15) is 0 Å². The van der Waals surface area contributed by atoms with E-state index >= 15 is 0 Å². The second-order valence-corrected chi connectivity index (χ2v) is 5.53. The molecular weight excluding hydrogens is 224 g/mol. The summed E-state index contributed by atoms with van der Waals surface area (Å²) in [6.45, 7) is 2.23. The van der Waals surface area contributed by atoms with Gasteiger partial charge in [0.25, 0.3) is 0 Å². The normalized spacial score (nSPS) is 28.7. The van der Waals surface area contributed by atoms with Crippen LogP contribution in [0.25, 0.3) is 11.0 Å². The molecular formula is C16H20O2. The van der Waals surface area contributed by atoms with E-state index in [1.165, 1.54) is 6.42 Å². The van der Waals surface area contributed by atoms with Crippen LogP contribution in [0.1, 0.15) is 44.8 Å². The van der Waals surface area contributed by atoms with E-state index in [-0.39, 0.29) is 0 Å². The molecule has 1 aliphatic carbocycles. The van der Waals surface area contributed by atoms with Gasteiger partial charge in [-0.15, -0.1) is 0 Å². The summed E-state index contributed by atoms with van der Waals surface area (Å²) in [6.07, 6.45) is 5.07. The molecule has 18 heavy (non-hydrogen) atoms. The molecule has 0 spiro atoms. The summed E-state index contributed by atoms with van der Waals surface area (Å²) in [4.78, 5) is 0. The first kappa shape index (κ1) is 11.8. The maximum absolute atomic E-state index is 10.8. The van der Waals surface area contributed by atoms with Gasteiger partial charge in [-0.3, -0.25) is 0 Å². The summed E-state index contributed by atoms with van der Waals surface area (Å²) in [5.41, 5.74) is 0.128. The fourth-order valence-electron chi connectivity index (χ4n) is 3.02. The van der Waals surface area contributed by atoms with Gasteiger partial charge in [0.1, 0.15) is 16.9 Å². The summed E-state index contributed by atoms with van der Waals surface area (Å²) in [5.74, 6) is 1.52. The van der Waals surface area contributed by atoms with Crippen LogP contribution in [0.5, 0.6) is 0 Å². The quantitative estimate of drug-likeness (QED) is 0.858. The van der Waals surface area contributed by atoms with Crippen molar-refractivity contribution in [2.45, 2.75) is 44.6 Å². The summed E-state index contributed by atoms with van der Waals surface area (Å²) in [6, 6.07) is 9.96. The van der Waals surface area contributed by atoms with Crippen molar-refractivity contribution in [1.29, 1.82) is 0 Å². The average Bonchev–Trinajstić information content (AvgIpc) is 2.84. The van der Waals surface area contributed by atoms with E-state index < -0.39 is 5.60 Å². The number of para-hydroxylation sites is 1. The third kappa shape index (κ3) is 1.95. The Kier molecular flexibility index (Phi) is 2.90. The zero-order valence-electron chi connectivity index (χ0n) is 10.9. The summed E-state index contributed by atoms with van der Waals surface area (Å²) in [5, 5.41) is 11.8. The lowest BCUT2D eigenvalue weighted by molar-refractivity contribution is -0.0312. The Bertz CT molecular complexity index is 500. The van der Waals surface area contributed by atoms with E-state index in [9.17, 15) is 5.11 Å². The molecule has 0 radical (unpaired) electrons. The van der Waals surface area contributed by atoms with Gasteiger partial charge in [0, 0.05) is 5.39 Å². The van der Waals surface area contributed by atoms with E-state index in [4.69, 9.17) is 4.42 Å². The van der Waals surface area contributed by atoms with Crippen LogP contribution in [0, 0.1) is 5.92 Å². The first-order chi connectivity index (χ1) is 8.71. The third-order valence-electron chi connectivity index (χ3n) is 4.39. The molecule has 0 bridgehead atoms. The summed E-state index contributed by atoms with van der Waals surface area (Å²) < 4.78 is 5.83. The molecule has 1 N–H and O–H groups in total. The predicted octanol–water partition coefficient (Wildman–Crippen LogP) is 4.22. The van der Waals surface area contributed by atoms with Crippen LogP contribution in [-0.4, -0.2) is 5.11 Å². The lowest BCUT2D eigenvalue weighted by Gasteiger charge is -2.34. The highest BCUT2D eigenvalue weighted by Crippen LogP contribution is 2.42. The highest BCUT2D eigenvalue weighted by Gasteiger charge is 2.37. The Morgan fingerprint density at radius 3 is 2.67 bits per heavy atom. The molecule has 1 fully saturated rings. The molecule has 1 heterocycles. The molecule has 1 aromatic heterocycles. The summed E-state index contributed by atoms with van der Waals surface area (Å²) >= 11 is 0. The van der Waals surface area contributed by atoms with E-state index in [1.54, 1.807) is 0 Å². The van der Waals surface area contributed by atoms with Crippen molar-refractivity contribution in [1.82, 2.24) is 0 Å². The monoisotopic (exact) mass is 244 g/mol. The van der Waals surface area contributed by atoms with Gasteiger partial charge >= 0.3 is 0 Å². The van der Waals surface area contributed by atoms with Crippen molar-refractivity contribution in [3.05, 3.63) is 36.1 Å². The van der Waals surface area contributed by atoms with E-state index in [2.05, 4.69) is 6.92 Å². The van der Waals surface area contributed by atoms with Crippen LogP contribution in [0.4, 0.5) is 0 Å². The minimum Gasteiger partial charge on any atom is -0.458 e. The Labute approximate surface area is 108 Å². The average molecular weight is 244 g/mol. The van der Waals surface area contributed by atoms with E-state index in [1.807, 2.05) is 30.3 Å². The van der Waals surface area contributed by atoms with Crippen LogP contribution in [-0.2, 0) is 5.60 Å². The van der Waals surface area contributed by atoms with Gasteiger partial charge < -0.3 is 9.52 Å². The van der Waals surface area contributed by atoms with Gasteiger partial charge in [-0.1, -0.05) is 31.5 Å². The third-order valence-corrected chi connectivity index (χ3v) is 4.39. The Morgan fingerprint density at radius 2 is 2.00 bits per heavy atom. The predicted molar refractivity (Wildman–Crippen MR) is 72.4 cm³/mol. The fraction of sp³-hybridized carbons (Fsp3) is 0.500. The molecule has 0 unspecified atom stereocenters. The first-order valence-corrected chi connectivity index (χ1v) is 6.93. The maximum atomic E-state index is 10.8. The van der Waals surface area contributed by atoms with E-state index in [0.717, 1.165) is 48.3 Å². The zero-order chi connectivity index (χ0) is 12.6. The van der Waals surface area contributed by atoms with Crippen LogP contribution in [0.3, 0.4) is 0 Å². The number of fused-ring (bicyclic) bond motifs is 1. The number of hydrogen-bond acceptors (Lipinski definition) is 2. The number of hydrogen-bond donors (Lipinski definition) is 1. The van der Waals surface area contributed by atoms with Gasteiger partial charge in [-0.25, -0.2) is 0 Å². The van der Waals surface area contributed by atoms with Crippen molar-refractivity contribution in [3.8, 4) is 0 Å². The number of furan rings is 1. The Hall–Kier alpha value is -1.28. The topological polar surface area (TPSA) is 33.4 Å². The molecule has 2 aromatic rings. The molecule has 0 atom stereocenters. The standard InChI is InChI=1S/C16H20O2/c1-2-12-7-9-16(17,10-8-12)15-11-13-5-3-4-6-14(13)18-15/h3-6,11-12,17H,2,7-10H2,1H3. The highest BCUT2D eigenvalue weighted by atomic mass is 16.4. The van der Waals surface area contributed by atoms with Crippen molar-refractivity contribution in [3.63, 3.8) is 0 Å². The largest absolute Gasteiger partial charge is 0.458 e. The number of rotatable bonds is 2. The lowest BCUT2D eigenvalue weighted by atomic mass is 9.76. The molecule has 1 saturated carbocycles. The smallest absolute Gasteiger partial charge is 0.136 e. The van der Waals surface area contributed by atoms with Crippen LogP contribution in [0.2, 0.25) is 0 Å². The van der Waals surface area contributed by atoms with Crippen molar-refractivity contribution in [2.24, 2.45) is 5.92 Å². The number of benzene rings is 1. The molecule has 0 saturated heterocycles. The Morgan fingerprint density at radius 1 is 1.28 bits per heavy atom. The second kappa shape index (κ2) is 4.43. The molecule has 0 aliphatic heterocycles. The second-order valence-electron chi connectivity index (χ2n) is 5.53. The van der Waals surface area contributed by atoms with Crippen molar-refractivity contribution < 1.29 is 9.52 Å².